The molecule has 1 fully saturated rings. The van der Waals surface area contributed by atoms with Crippen LogP contribution in [-0.4, -0.2) is 48.8 Å². The number of hydrogen-bond acceptors (Lipinski definition) is 5. The van der Waals surface area contributed by atoms with Crippen molar-refractivity contribution in [2.75, 3.05) is 30.0 Å². The molecule has 150 valence electrons. The van der Waals surface area contributed by atoms with Gasteiger partial charge in [-0.05, 0) is 36.4 Å². The number of ether oxygens (including phenoxy) is 2. The Bertz CT molecular complexity index is 959. The number of nitrogens with one attached hydrogen (secondary N) is 2. The van der Waals surface area contributed by atoms with Crippen molar-refractivity contribution in [1.82, 2.24) is 5.32 Å². The summed E-state index contributed by atoms with van der Waals surface area (Å²) in [7, 11) is 0. The fraction of sp³-hybridized carbons (Fsp3) is 0.250. The van der Waals surface area contributed by atoms with Crippen molar-refractivity contribution in [3.05, 3.63) is 48.0 Å². The molecule has 1 atom stereocenters. The van der Waals surface area contributed by atoms with Gasteiger partial charge in [0.2, 0.25) is 5.91 Å². The summed E-state index contributed by atoms with van der Waals surface area (Å²) in [6.45, 7) is 1.29. The quantitative estimate of drug-likeness (QED) is 0.727. The van der Waals surface area contributed by atoms with Gasteiger partial charge < -0.3 is 30.1 Å². The van der Waals surface area contributed by atoms with Crippen molar-refractivity contribution in [2.45, 2.75) is 12.5 Å². The lowest BCUT2D eigenvalue weighted by Gasteiger charge is -2.22. The zero-order valence-electron chi connectivity index (χ0n) is 15.4. The van der Waals surface area contributed by atoms with Gasteiger partial charge in [0.05, 0.1) is 11.6 Å². The fourth-order valence-electron chi connectivity index (χ4n) is 3.30. The lowest BCUT2D eigenvalue weighted by molar-refractivity contribution is -0.117. The van der Waals surface area contributed by atoms with Crippen molar-refractivity contribution in [3.63, 3.8) is 0 Å². The normalized spacial score (nSPS) is 17.7. The molecule has 2 heterocycles. The molecule has 9 nitrogen and oxygen atoms in total. The van der Waals surface area contributed by atoms with E-state index in [1.54, 1.807) is 23.1 Å². The summed E-state index contributed by atoms with van der Waals surface area (Å²) >= 11 is 0. The highest BCUT2D eigenvalue weighted by atomic mass is 16.6. The van der Waals surface area contributed by atoms with E-state index < -0.39 is 12.0 Å². The van der Waals surface area contributed by atoms with Crippen molar-refractivity contribution in [3.8, 4) is 11.5 Å². The van der Waals surface area contributed by atoms with Crippen LogP contribution in [0.5, 0.6) is 11.5 Å². The van der Waals surface area contributed by atoms with E-state index in [1.165, 1.54) is 24.3 Å². The molecular weight excluding hydrogens is 378 g/mol. The number of rotatable bonds is 4. The number of amides is 3. The molecule has 2 aliphatic rings. The van der Waals surface area contributed by atoms with Crippen LogP contribution in [0.2, 0.25) is 0 Å². The highest BCUT2D eigenvalue weighted by Gasteiger charge is 2.32. The Labute approximate surface area is 166 Å². The minimum absolute atomic E-state index is 0.0993. The smallest absolute Gasteiger partial charge is 0.335 e. The summed E-state index contributed by atoms with van der Waals surface area (Å²) < 4.78 is 11.1. The zero-order chi connectivity index (χ0) is 20.4. The molecule has 9 heteroatoms. The van der Waals surface area contributed by atoms with Gasteiger partial charge in [0.15, 0.2) is 11.5 Å². The first-order valence-electron chi connectivity index (χ1n) is 9.10. The minimum atomic E-state index is -1.04. The average Bonchev–Trinajstić information content (AvgIpc) is 3.07. The standard InChI is InChI=1S/C20H19N3O6/c24-18-9-14(22-20(27)21-13-3-1-12(2-4-13)19(25)26)11-23(18)15-5-6-16-17(10-15)29-8-7-28-16/h1-6,10,14H,7-9,11H2,(H,25,26)(H2,21,22,27). The van der Waals surface area contributed by atoms with E-state index in [-0.39, 0.29) is 23.9 Å². The second-order valence-corrected chi connectivity index (χ2v) is 6.71. The maximum atomic E-state index is 12.4. The highest BCUT2D eigenvalue weighted by Crippen LogP contribution is 2.35. The van der Waals surface area contributed by atoms with Crippen LogP contribution in [0, 0.1) is 0 Å². The minimum Gasteiger partial charge on any atom is -0.486 e. The molecule has 0 saturated carbocycles. The molecule has 1 saturated heterocycles. The molecule has 2 aliphatic heterocycles. The number of urea groups is 1. The van der Waals surface area contributed by atoms with E-state index in [0.717, 1.165) is 0 Å². The number of carbonyl (C=O) groups excluding carboxylic acids is 2. The van der Waals surface area contributed by atoms with Gasteiger partial charge in [-0.3, -0.25) is 4.79 Å². The molecule has 3 amide bonds. The number of nitrogens with zero attached hydrogens (tertiary/aromatic N) is 1. The Morgan fingerprint density at radius 2 is 1.76 bits per heavy atom. The molecule has 0 aromatic heterocycles. The van der Waals surface area contributed by atoms with Crippen LogP contribution in [-0.2, 0) is 4.79 Å². The Morgan fingerprint density at radius 3 is 2.48 bits per heavy atom. The summed E-state index contributed by atoms with van der Waals surface area (Å²) in [5.74, 6) is 0.109. The Kier molecular flexibility index (Phi) is 4.94. The van der Waals surface area contributed by atoms with Gasteiger partial charge in [-0.1, -0.05) is 0 Å². The number of aromatic carboxylic acids is 1. The van der Waals surface area contributed by atoms with Gasteiger partial charge in [-0.15, -0.1) is 0 Å². The molecule has 2 aromatic carbocycles. The Balaban J connectivity index is 1.36. The summed E-state index contributed by atoms with van der Waals surface area (Å²) in [5, 5.41) is 14.3. The van der Waals surface area contributed by atoms with E-state index >= 15 is 0 Å². The van der Waals surface area contributed by atoms with E-state index in [1.807, 2.05) is 0 Å². The van der Waals surface area contributed by atoms with Crippen LogP contribution in [0.25, 0.3) is 0 Å². The molecule has 0 aliphatic carbocycles. The molecule has 0 bridgehead atoms. The topological polar surface area (TPSA) is 117 Å². The number of hydrogen-bond donors (Lipinski definition) is 3. The monoisotopic (exact) mass is 397 g/mol. The molecule has 0 radical (unpaired) electrons. The number of carbonyl (C=O) groups is 3. The summed E-state index contributed by atoms with van der Waals surface area (Å²) in [6, 6.07) is 10.3. The van der Waals surface area contributed by atoms with Crippen LogP contribution in [0.15, 0.2) is 42.5 Å². The maximum absolute atomic E-state index is 12.4. The van der Waals surface area contributed by atoms with Crippen LogP contribution in [0.4, 0.5) is 16.2 Å². The number of carboxylic acids is 1. The fourth-order valence-corrected chi connectivity index (χ4v) is 3.30. The van der Waals surface area contributed by atoms with Crippen molar-refractivity contribution in [1.29, 1.82) is 0 Å². The Hall–Kier alpha value is -3.75. The third-order valence-electron chi connectivity index (χ3n) is 4.69. The van der Waals surface area contributed by atoms with E-state index in [2.05, 4.69) is 10.6 Å². The molecule has 3 N–H and O–H groups in total. The third-order valence-corrected chi connectivity index (χ3v) is 4.69. The van der Waals surface area contributed by atoms with Gasteiger partial charge in [0, 0.05) is 30.4 Å². The predicted molar refractivity (Wildman–Crippen MR) is 104 cm³/mol. The van der Waals surface area contributed by atoms with Gasteiger partial charge >= 0.3 is 12.0 Å². The van der Waals surface area contributed by atoms with Gasteiger partial charge in [0.25, 0.3) is 0 Å². The highest BCUT2D eigenvalue weighted by molar-refractivity contribution is 5.98. The molecule has 4 rings (SSSR count). The number of benzene rings is 2. The van der Waals surface area contributed by atoms with E-state index in [9.17, 15) is 14.4 Å². The predicted octanol–water partition coefficient (Wildman–Crippen LogP) is 2.08. The first-order valence-corrected chi connectivity index (χ1v) is 9.10. The van der Waals surface area contributed by atoms with E-state index in [0.29, 0.717) is 42.6 Å². The van der Waals surface area contributed by atoms with Gasteiger partial charge in [-0.2, -0.15) is 0 Å². The van der Waals surface area contributed by atoms with Crippen LogP contribution in [0.1, 0.15) is 16.8 Å². The molecule has 0 spiro atoms. The lowest BCUT2D eigenvalue weighted by atomic mass is 10.2. The Morgan fingerprint density at radius 1 is 1.03 bits per heavy atom. The number of carboxylic acid groups (broad SMARTS) is 1. The van der Waals surface area contributed by atoms with Crippen molar-refractivity contribution in [2.24, 2.45) is 0 Å². The third kappa shape index (κ3) is 4.08. The number of anilines is 2. The second-order valence-electron chi connectivity index (χ2n) is 6.71. The largest absolute Gasteiger partial charge is 0.486 e. The molecule has 29 heavy (non-hydrogen) atoms. The van der Waals surface area contributed by atoms with E-state index in [4.69, 9.17) is 14.6 Å². The molecule has 2 aromatic rings. The zero-order valence-corrected chi connectivity index (χ0v) is 15.4. The second kappa shape index (κ2) is 7.70. The average molecular weight is 397 g/mol. The van der Waals surface area contributed by atoms with Crippen LogP contribution in [0.3, 0.4) is 0 Å². The summed E-state index contributed by atoms with van der Waals surface area (Å²) in [5.41, 5.74) is 1.28. The van der Waals surface area contributed by atoms with Crippen LogP contribution < -0.4 is 25.0 Å². The lowest BCUT2D eigenvalue weighted by Crippen LogP contribution is -2.39. The summed E-state index contributed by atoms with van der Waals surface area (Å²) in [6.07, 6.45) is 0.180. The first-order chi connectivity index (χ1) is 14.0. The van der Waals surface area contributed by atoms with Gasteiger partial charge in [-0.25, -0.2) is 9.59 Å². The molecule has 1 unspecified atom stereocenters. The SMILES string of the molecule is O=C(Nc1ccc(C(=O)O)cc1)NC1CC(=O)N(c2ccc3c(c2)OCCO3)C1. The van der Waals surface area contributed by atoms with Gasteiger partial charge in [0.1, 0.15) is 13.2 Å². The molecular formula is C20H19N3O6. The first kappa shape index (κ1) is 18.6. The maximum Gasteiger partial charge on any atom is 0.335 e. The van der Waals surface area contributed by atoms with Crippen molar-refractivity contribution >= 4 is 29.3 Å². The number of fused-ring (bicyclic) bond motifs is 1. The van der Waals surface area contributed by atoms with Crippen molar-refractivity contribution < 1.29 is 29.0 Å². The summed E-state index contributed by atoms with van der Waals surface area (Å²) in [4.78, 5) is 37.1. The van der Waals surface area contributed by atoms with Crippen LogP contribution >= 0.6 is 0 Å².